The van der Waals surface area contributed by atoms with E-state index in [9.17, 15) is 13.6 Å². The van der Waals surface area contributed by atoms with E-state index in [1.165, 1.54) is 18.2 Å². The molecule has 144 valence electrons. The first-order valence-electron chi connectivity index (χ1n) is 8.66. The first kappa shape index (κ1) is 20.6. The van der Waals surface area contributed by atoms with Gasteiger partial charge in [0.05, 0.1) is 6.04 Å². The molecule has 1 unspecified atom stereocenters. The summed E-state index contributed by atoms with van der Waals surface area (Å²) < 4.78 is 32.3. The van der Waals surface area contributed by atoms with Gasteiger partial charge >= 0.3 is 0 Å². The molecular formula is C21H24F2N2O2. The van der Waals surface area contributed by atoms with E-state index in [0.29, 0.717) is 6.61 Å². The molecule has 27 heavy (non-hydrogen) atoms. The molecule has 0 bridgehead atoms. The van der Waals surface area contributed by atoms with Crippen LogP contribution in [0.4, 0.5) is 8.78 Å². The van der Waals surface area contributed by atoms with Gasteiger partial charge in [-0.05, 0) is 50.9 Å². The summed E-state index contributed by atoms with van der Waals surface area (Å²) in [7, 11) is 3.96. The van der Waals surface area contributed by atoms with E-state index in [-0.39, 0.29) is 11.5 Å². The van der Waals surface area contributed by atoms with E-state index in [0.717, 1.165) is 23.9 Å². The molecule has 0 saturated heterocycles. The van der Waals surface area contributed by atoms with Crippen molar-refractivity contribution in [1.29, 1.82) is 0 Å². The number of nitrogens with one attached hydrogen (secondary N) is 1. The number of amides is 1. The van der Waals surface area contributed by atoms with Crippen molar-refractivity contribution in [3.05, 3.63) is 71.3 Å². The van der Waals surface area contributed by atoms with E-state index in [1.54, 1.807) is 13.0 Å². The second-order valence-electron chi connectivity index (χ2n) is 6.45. The standard InChI is InChI=1S/C21H24F2N2O2/c1-15(19-10-7-17(22)14-20(19)23)24-21(26)11-6-16-4-8-18(9-5-16)27-13-12-25(2)3/h4-11,14-15H,12-13H2,1-3H3,(H,24,26). The minimum atomic E-state index is -0.684. The predicted octanol–water partition coefficient (Wildman–Crippen LogP) is 3.80. The number of likely N-dealkylation sites (N-methyl/N-ethyl adjacent to an activating group) is 1. The summed E-state index contributed by atoms with van der Waals surface area (Å²) >= 11 is 0. The number of ether oxygens (including phenoxy) is 1. The summed E-state index contributed by atoms with van der Waals surface area (Å²) in [6.07, 6.45) is 3.03. The number of hydrogen-bond acceptors (Lipinski definition) is 3. The third kappa shape index (κ3) is 6.83. The normalized spacial score (nSPS) is 12.4. The lowest BCUT2D eigenvalue weighted by atomic mass is 10.1. The molecule has 0 spiro atoms. The topological polar surface area (TPSA) is 41.6 Å². The van der Waals surface area contributed by atoms with Gasteiger partial charge < -0.3 is 15.0 Å². The van der Waals surface area contributed by atoms with Gasteiger partial charge in [0.1, 0.15) is 24.0 Å². The molecule has 0 fully saturated rings. The molecule has 1 amide bonds. The smallest absolute Gasteiger partial charge is 0.244 e. The maximum atomic E-state index is 13.7. The second-order valence-corrected chi connectivity index (χ2v) is 6.45. The van der Waals surface area contributed by atoms with Gasteiger partial charge in [0.15, 0.2) is 0 Å². The Morgan fingerprint density at radius 3 is 2.52 bits per heavy atom. The molecule has 1 atom stereocenters. The molecule has 0 aliphatic heterocycles. The minimum Gasteiger partial charge on any atom is -0.492 e. The van der Waals surface area contributed by atoms with Gasteiger partial charge in [0.25, 0.3) is 0 Å². The van der Waals surface area contributed by atoms with Crippen molar-refractivity contribution >= 4 is 12.0 Å². The van der Waals surface area contributed by atoms with Crippen LogP contribution in [0, 0.1) is 11.6 Å². The van der Waals surface area contributed by atoms with Crippen LogP contribution < -0.4 is 10.1 Å². The Labute approximate surface area is 158 Å². The molecule has 2 rings (SSSR count). The monoisotopic (exact) mass is 374 g/mol. The van der Waals surface area contributed by atoms with E-state index in [4.69, 9.17) is 4.74 Å². The molecule has 0 heterocycles. The molecule has 2 aromatic carbocycles. The van der Waals surface area contributed by atoms with Crippen LogP contribution in [0.5, 0.6) is 5.75 Å². The molecule has 4 nitrogen and oxygen atoms in total. The zero-order chi connectivity index (χ0) is 19.8. The summed E-state index contributed by atoms with van der Waals surface area (Å²) in [5, 5.41) is 2.66. The molecule has 0 aromatic heterocycles. The average Bonchev–Trinajstić information content (AvgIpc) is 2.60. The van der Waals surface area contributed by atoms with Crippen molar-refractivity contribution in [1.82, 2.24) is 10.2 Å². The second kappa shape index (κ2) is 9.83. The summed E-state index contributed by atoms with van der Waals surface area (Å²) in [5.41, 5.74) is 1.07. The van der Waals surface area contributed by atoms with Crippen molar-refractivity contribution in [3.63, 3.8) is 0 Å². The molecule has 0 aliphatic carbocycles. The van der Waals surface area contributed by atoms with Gasteiger partial charge in [-0.25, -0.2) is 8.78 Å². The Hall–Kier alpha value is -2.73. The van der Waals surface area contributed by atoms with Crippen LogP contribution in [0.3, 0.4) is 0 Å². The Bertz CT molecular complexity index is 789. The van der Waals surface area contributed by atoms with E-state index >= 15 is 0 Å². The predicted molar refractivity (Wildman–Crippen MR) is 102 cm³/mol. The molecule has 2 aromatic rings. The molecule has 1 N–H and O–H groups in total. The summed E-state index contributed by atoms with van der Waals surface area (Å²) in [6, 6.07) is 10.1. The van der Waals surface area contributed by atoms with E-state index in [1.807, 2.05) is 43.3 Å². The number of benzene rings is 2. The first-order chi connectivity index (χ1) is 12.8. The zero-order valence-corrected chi connectivity index (χ0v) is 15.7. The average molecular weight is 374 g/mol. The van der Waals surface area contributed by atoms with Crippen molar-refractivity contribution in [3.8, 4) is 5.75 Å². The lowest BCUT2D eigenvalue weighted by Crippen LogP contribution is -2.25. The number of rotatable bonds is 8. The number of carbonyl (C=O) groups excluding carboxylic acids is 1. The third-order valence-electron chi connectivity index (χ3n) is 3.90. The highest BCUT2D eigenvalue weighted by Crippen LogP contribution is 2.18. The maximum absolute atomic E-state index is 13.7. The molecule has 0 radical (unpaired) electrons. The van der Waals surface area contributed by atoms with Crippen LogP contribution >= 0.6 is 0 Å². The van der Waals surface area contributed by atoms with Gasteiger partial charge in [-0.2, -0.15) is 0 Å². The Balaban J connectivity index is 1.88. The van der Waals surface area contributed by atoms with Crippen molar-refractivity contribution in [2.45, 2.75) is 13.0 Å². The fourth-order valence-corrected chi connectivity index (χ4v) is 2.39. The van der Waals surface area contributed by atoms with Crippen LogP contribution in [0.15, 0.2) is 48.5 Å². The molecule has 0 aliphatic rings. The highest BCUT2D eigenvalue weighted by atomic mass is 19.1. The van der Waals surface area contributed by atoms with E-state index in [2.05, 4.69) is 5.32 Å². The van der Waals surface area contributed by atoms with Crippen LogP contribution in [0.2, 0.25) is 0 Å². The van der Waals surface area contributed by atoms with Gasteiger partial charge in [-0.3, -0.25) is 4.79 Å². The lowest BCUT2D eigenvalue weighted by Gasteiger charge is -2.13. The number of carbonyl (C=O) groups is 1. The summed E-state index contributed by atoms with van der Waals surface area (Å²) in [6.45, 7) is 3.07. The highest BCUT2D eigenvalue weighted by molar-refractivity contribution is 5.92. The summed E-state index contributed by atoms with van der Waals surface area (Å²) in [5.74, 6) is -0.933. The minimum absolute atomic E-state index is 0.234. The van der Waals surface area contributed by atoms with Gasteiger partial charge in [0, 0.05) is 24.3 Å². The van der Waals surface area contributed by atoms with Crippen molar-refractivity contribution < 1.29 is 18.3 Å². The van der Waals surface area contributed by atoms with Gasteiger partial charge in [-0.1, -0.05) is 18.2 Å². The number of halogens is 2. The fraction of sp³-hybridized carbons (Fsp3) is 0.286. The van der Waals surface area contributed by atoms with Gasteiger partial charge in [-0.15, -0.1) is 0 Å². The Morgan fingerprint density at radius 2 is 1.89 bits per heavy atom. The largest absolute Gasteiger partial charge is 0.492 e. The molecular weight excluding hydrogens is 350 g/mol. The van der Waals surface area contributed by atoms with Crippen LogP contribution in [-0.4, -0.2) is 38.1 Å². The quantitative estimate of drug-likeness (QED) is 0.715. The number of nitrogens with zero attached hydrogens (tertiary/aromatic N) is 1. The zero-order valence-electron chi connectivity index (χ0n) is 15.7. The fourth-order valence-electron chi connectivity index (χ4n) is 2.39. The van der Waals surface area contributed by atoms with Crippen molar-refractivity contribution in [2.75, 3.05) is 27.2 Å². The Morgan fingerprint density at radius 1 is 1.19 bits per heavy atom. The molecule has 6 heteroatoms. The highest BCUT2D eigenvalue weighted by Gasteiger charge is 2.13. The van der Waals surface area contributed by atoms with Crippen LogP contribution in [0.25, 0.3) is 6.08 Å². The van der Waals surface area contributed by atoms with Gasteiger partial charge in [0.2, 0.25) is 5.91 Å². The first-order valence-corrected chi connectivity index (χ1v) is 8.66. The SMILES string of the molecule is CC(NC(=O)C=Cc1ccc(OCCN(C)C)cc1)c1ccc(F)cc1F. The van der Waals surface area contributed by atoms with Crippen LogP contribution in [0.1, 0.15) is 24.1 Å². The number of hydrogen-bond donors (Lipinski definition) is 1. The Kier molecular flexibility index (Phi) is 7.49. The van der Waals surface area contributed by atoms with Crippen molar-refractivity contribution in [2.24, 2.45) is 0 Å². The van der Waals surface area contributed by atoms with Crippen LogP contribution in [-0.2, 0) is 4.79 Å². The summed E-state index contributed by atoms with van der Waals surface area (Å²) in [4.78, 5) is 14.1. The third-order valence-corrected chi connectivity index (χ3v) is 3.90. The molecule has 0 saturated carbocycles. The van der Waals surface area contributed by atoms with E-state index < -0.39 is 17.7 Å². The lowest BCUT2D eigenvalue weighted by molar-refractivity contribution is -0.117. The maximum Gasteiger partial charge on any atom is 0.244 e.